The fourth-order valence-electron chi connectivity index (χ4n) is 1.48. The summed E-state index contributed by atoms with van der Waals surface area (Å²) < 4.78 is 16.6. The minimum absolute atomic E-state index is 0.334. The molecule has 0 atom stereocenters. The van der Waals surface area contributed by atoms with E-state index in [4.69, 9.17) is 14.2 Å². The quantitative estimate of drug-likeness (QED) is 0.783. The summed E-state index contributed by atoms with van der Waals surface area (Å²) in [5.74, 6) is 0.641. The number of benzene rings is 1. The highest BCUT2D eigenvalue weighted by Gasteiger charge is 2.22. The molecule has 0 aliphatic carbocycles. The highest BCUT2D eigenvalue weighted by Crippen LogP contribution is 2.37. The van der Waals surface area contributed by atoms with Gasteiger partial charge in [-0.2, -0.15) is 0 Å². The van der Waals surface area contributed by atoms with Crippen molar-refractivity contribution in [3.63, 3.8) is 0 Å². The van der Waals surface area contributed by atoms with Gasteiger partial charge in [0.2, 0.25) is 0 Å². The smallest absolute Gasteiger partial charge is 0.342 e. The van der Waals surface area contributed by atoms with Gasteiger partial charge in [0.25, 0.3) is 0 Å². The van der Waals surface area contributed by atoms with Crippen molar-refractivity contribution in [1.29, 1.82) is 0 Å². The second-order valence-electron chi connectivity index (χ2n) is 3.20. The zero-order chi connectivity index (χ0) is 11.5. The third-order valence-electron chi connectivity index (χ3n) is 2.10. The summed E-state index contributed by atoms with van der Waals surface area (Å²) in [6.45, 7) is 3.04. The number of carbonyl (C=O) groups excluding carboxylic acids is 1. The van der Waals surface area contributed by atoms with Crippen molar-refractivity contribution in [3.05, 3.63) is 22.2 Å². The third-order valence-corrected chi connectivity index (χ3v) is 2.56. The van der Waals surface area contributed by atoms with Crippen LogP contribution in [-0.4, -0.2) is 25.8 Å². The molecule has 0 N–H and O–H groups in total. The first-order valence-corrected chi connectivity index (χ1v) is 5.78. The van der Waals surface area contributed by atoms with Crippen molar-refractivity contribution in [2.45, 2.75) is 6.92 Å². The topological polar surface area (TPSA) is 44.8 Å². The molecule has 0 unspecified atom stereocenters. The summed E-state index contributed by atoms with van der Waals surface area (Å²) in [5.41, 5.74) is 0.394. The van der Waals surface area contributed by atoms with Gasteiger partial charge in [0.05, 0.1) is 6.61 Å². The van der Waals surface area contributed by atoms with Crippen molar-refractivity contribution in [3.8, 4) is 11.5 Å². The van der Waals surface area contributed by atoms with Crippen LogP contribution in [0.3, 0.4) is 0 Å². The van der Waals surface area contributed by atoms with Gasteiger partial charge in [-0.05, 0) is 19.1 Å². The van der Waals surface area contributed by atoms with Crippen LogP contribution in [0.1, 0.15) is 17.3 Å². The van der Waals surface area contributed by atoms with Gasteiger partial charge in [-0.15, -0.1) is 0 Å². The lowest BCUT2D eigenvalue weighted by atomic mass is 10.2. The fourth-order valence-corrected chi connectivity index (χ4v) is 1.92. The summed E-state index contributed by atoms with van der Waals surface area (Å²) in [7, 11) is 0. The Morgan fingerprint density at radius 2 is 2.19 bits per heavy atom. The molecule has 0 radical (unpaired) electrons. The fraction of sp³-hybridized carbons (Fsp3) is 0.364. The van der Waals surface area contributed by atoms with Crippen LogP contribution in [-0.2, 0) is 4.74 Å². The number of ether oxygens (including phenoxy) is 3. The summed E-state index contributed by atoms with van der Waals surface area (Å²) in [4.78, 5) is 11.7. The minimum atomic E-state index is -0.398. The number of hydrogen-bond donors (Lipinski definition) is 0. The molecule has 0 saturated carbocycles. The van der Waals surface area contributed by atoms with Gasteiger partial charge in [-0.25, -0.2) is 4.79 Å². The average Bonchev–Trinajstić information content (AvgIpc) is 2.28. The van der Waals surface area contributed by atoms with Crippen LogP contribution in [0.2, 0.25) is 0 Å². The predicted octanol–water partition coefficient (Wildman–Crippen LogP) is 2.40. The molecule has 0 amide bonds. The van der Waals surface area contributed by atoms with E-state index in [1.165, 1.54) is 0 Å². The van der Waals surface area contributed by atoms with E-state index in [1.807, 2.05) is 0 Å². The molecule has 5 heteroatoms. The van der Waals surface area contributed by atoms with Crippen molar-refractivity contribution in [2.75, 3.05) is 19.8 Å². The van der Waals surface area contributed by atoms with Crippen LogP contribution >= 0.6 is 15.9 Å². The van der Waals surface area contributed by atoms with E-state index >= 15 is 0 Å². The Morgan fingerprint density at radius 3 is 2.94 bits per heavy atom. The molecule has 1 aromatic rings. The Hall–Kier alpha value is -1.23. The van der Waals surface area contributed by atoms with E-state index in [1.54, 1.807) is 19.1 Å². The molecule has 4 nitrogen and oxygen atoms in total. The first-order chi connectivity index (χ1) is 7.72. The first-order valence-electron chi connectivity index (χ1n) is 4.98. The molecule has 0 aromatic heterocycles. The Kier molecular flexibility index (Phi) is 3.33. The van der Waals surface area contributed by atoms with Crippen molar-refractivity contribution in [2.24, 2.45) is 0 Å². The van der Waals surface area contributed by atoms with Gasteiger partial charge >= 0.3 is 5.97 Å². The number of carbonyl (C=O) groups is 1. The molecule has 1 aliphatic rings. The Labute approximate surface area is 102 Å². The lowest BCUT2D eigenvalue weighted by Crippen LogP contribution is -2.18. The molecule has 1 aliphatic heterocycles. The number of rotatable bonds is 2. The third kappa shape index (κ3) is 2.14. The molecule has 2 rings (SSSR count). The van der Waals surface area contributed by atoms with Gasteiger partial charge in [0.15, 0.2) is 11.5 Å². The Balaban J connectivity index is 2.43. The average molecular weight is 287 g/mol. The summed E-state index contributed by atoms with van der Waals surface area (Å²) in [5, 5.41) is 0. The Bertz CT molecular complexity index is 417. The zero-order valence-electron chi connectivity index (χ0n) is 8.79. The van der Waals surface area contributed by atoms with Crippen LogP contribution in [0.25, 0.3) is 0 Å². The van der Waals surface area contributed by atoms with Crippen molar-refractivity contribution >= 4 is 21.9 Å². The summed E-state index contributed by atoms with van der Waals surface area (Å²) in [6, 6.07) is 3.45. The number of esters is 1. The highest BCUT2D eigenvalue weighted by atomic mass is 79.9. The SMILES string of the molecule is CCOC(=O)c1cc(Br)cc2c1OCCO2. The van der Waals surface area contributed by atoms with Crippen LogP contribution < -0.4 is 9.47 Å². The second-order valence-corrected chi connectivity index (χ2v) is 4.11. The molecule has 0 spiro atoms. The van der Waals surface area contributed by atoms with Gasteiger partial charge < -0.3 is 14.2 Å². The standard InChI is InChI=1S/C11H11BrO4/c1-2-14-11(13)8-5-7(12)6-9-10(8)16-4-3-15-9/h5-6H,2-4H2,1H3. The number of halogens is 1. The van der Waals surface area contributed by atoms with Gasteiger partial charge in [-0.1, -0.05) is 15.9 Å². The zero-order valence-corrected chi connectivity index (χ0v) is 10.4. The van der Waals surface area contributed by atoms with Crippen LogP contribution in [0.5, 0.6) is 11.5 Å². The van der Waals surface area contributed by atoms with Gasteiger partial charge in [0, 0.05) is 4.47 Å². The van der Waals surface area contributed by atoms with E-state index in [-0.39, 0.29) is 0 Å². The van der Waals surface area contributed by atoms with Crippen LogP contribution in [0.15, 0.2) is 16.6 Å². The predicted molar refractivity (Wildman–Crippen MR) is 61.1 cm³/mol. The highest BCUT2D eigenvalue weighted by molar-refractivity contribution is 9.10. The molecule has 1 aromatic carbocycles. The minimum Gasteiger partial charge on any atom is -0.486 e. The molecule has 16 heavy (non-hydrogen) atoms. The largest absolute Gasteiger partial charge is 0.486 e. The van der Waals surface area contributed by atoms with E-state index in [2.05, 4.69) is 15.9 Å². The van der Waals surface area contributed by atoms with E-state index < -0.39 is 5.97 Å². The van der Waals surface area contributed by atoms with Crippen LogP contribution in [0, 0.1) is 0 Å². The summed E-state index contributed by atoms with van der Waals surface area (Å²) in [6.07, 6.45) is 0. The van der Waals surface area contributed by atoms with Gasteiger partial charge in [-0.3, -0.25) is 0 Å². The van der Waals surface area contributed by atoms with E-state index in [9.17, 15) is 4.79 Å². The lowest BCUT2D eigenvalue weighted by Gasteiger charge is -2.20. The summed E-state index contributed by atoms with van der Waals surface area (Å²) >= 11 is 3.32. The van der Waals surface area contributed by atoms with E-state index in [0.717, 1.165) is 4.47 Å². The second kappa shape index (κ2) is 4.74. The molecule has 0 fully saturated rings. The van der Waals surface area contributed by atoms with Gasteiger partial charge in [0.1, 0.15) is 18.8 Å². The van der Waals surface area contributed by atoms with Crippen LogP contribution in [0.4, 0.5) is 0 Å². The maximum atomic E-state index is 11.7. The monoisotopic (exact) mass is 286 g/mol. The molecule has 0 saturated heterocycles. The maximum absolute atomic E-state index is 11.7. The number of hydrogen-bond acceptors (Lipinski definition) is 4. The van der Waals surface area contributed by atoms with E-state index in [0.29, 0.717) is 36.9 Å². The Morgan fingerprint density at radius 1 is 1.44 bits per heavy atom. The van der Waals surface area contributed by atoms with Crippen molar-refractivity contribution < 1.29 is 19.0 Å². The molecule has 86 valence electrons. The lowest BCUT2D eigenvalue weighted by molar-refractivity contribution is 0.0516. The molecule has 1 heterocycles. The first kappa shape index (κ1) is 11.3. The molecular formula is C11H11BrO4. The molecule has 0 bridgehead atoms. The maximum Gasteiger partial charge on any atom is 0.342 e. The normalized spacial score (nSPS) is 13.4. The molecular weight excluding hydrogens is 276 g/mol. The number of fused-ring (bicyclic) bond motifs is 1. The van der Waals surface area contributed by atoms with Crippen molar-refractivity contribution in [1.82, 2.24) is 0 Å².